The zero-order chi connectivity index (χ0) is 8.27. The number of hydrogen-bond acceptors (Lipinski definition) is 2. The van der Waals surface area contributed by atoms with Crippen LogP contribution < -0.4 is 0 Å². The van der Waals surface area contributed by atoms with Crippen molar-refractivity contribution in [1.82, 2.24) is 0 Å². The van der Waals surface area contributed by atoms with Gasteiger partial charge in [-0.2, -0.15) is 0 Å². The Hall–Kier alpha value is -0.0800. The first kappa shape index (κ1) is 9.01. The minimum absolute atomic E-state index is 0.212. The third-order valence-corrected chi connectivity index (χ3v) is 2.30. The highest BCUT2D eigenvalue weighted by Crippen LogP contribution is 2.40. The molecule has 0 aliphatic heterocycles. The molecule has 3 atom stereocenters. The summed E-state index contributed by atoms with van der Waals surface area (Å²) >= 11 is 0. The van der Waals surface area contributed by atoms with E-state index in [1.54, 1.807) is 0 Å². The maximum Gasteiger partial charge on any atom is 0.0804 e. The molecule has 1 fully saturated rings. The Bertz CT molecular complexity index is 114. The summed E-state index contributed by atoms with van der Waals surface area (Å²) in [5.41, 5.74) is 0. The topological polar surface area (TPSA) is 29.5 Å². The van der Waals surface area contributed by atoms with Gasteiger partial charge in [0.15, 0.2) is 0 Å². The molecule has 0 aromatic heterocycles. The van der Waals surface area contributed by atoms with Crippen molar-refractivity contribution in [3.8, 4) is 0 Å². The van der Waals surface area contributed by atoms with E-state index in [9.17, 15) is 5.11 Å². The molecule has 66 valence electrons. The quantitative estimate of drug-likeness (QED) is 0.613. The van der Waals surface area contributed by atoms with Crippen molar-refractivity contribution in [3.05, 3.63) is 0 Å². The maximum absolute atomic E-state index is 9.46. The van der Waals surface area contributed by atoms with Crippen LogP contribution in [0.2, 0.25) is 0 Å². The maximum atomic E-state index is 9.46. The lowest BCUT2D eigenvalue weighted by Crippen LogP contribution is -2.18. The van der Waals surface area contributed by atoms with Gasteiger partial charge in [0.1, 0.15) is 0 Å². The molecule has 1 N–H and O–H groups in total. The van der Waals surface area contributed by atoms with E-state index >= 15 is 0 Å². The molecule has 0 radical (unpaired) electrons. The highest BCUT2D eigenvalue weighted by atomic mass is 16.5. The van der Waals surface area contributed by atoms with Gasteiger partial charge in [0, 0.05) is 6.61 Å². The Morgan fingerprint density at radius 3 is 2.73 bits per heavy atom. The number of aliphatic hydroxyl groups is 1. The molecule has 1 saturated carbocycles. The van der Waals surface area contributed by atoms with E-state index in [4.69, 9.17) is 4.74 Å². The summed E-state index contributed by atoms with van der Waals surface area (Å²) in [5.74, 6) is 1.24. The van der Waals surface area contributed by atoms with Crippen molar-refractivity contribution < 1.29 is 9.84 Å². The molecule has 0 bridgehead atoms. The third kappa shape index (κ3) is 2.80. The van der Waals surface area contributed by atoms with Gasteiger partial charge >= 0.3 is 0 Å². The zero-order valence-corrected chi connectivity index (χ0v) is 7.42. The summed E-state index contributed by atoms with van der Waals surface area (Å²) in [4.78, 5) is 0. The highest BCUT2D eigenvalue weighted by Gasteiger charge is 2.38. The van der Waals surface area contributed by atoms with Crippen molar-refractivity contribution in [1.29, 1.82) is 0 Å². The van der Waals surface area contributed by atoms with E-state index in [1.807, 2.05) is 0 Å². The molecule has 0 spiro atoms. The van der Waals surface area contributed by atoms with Crippen molar-refractivity contribution in [2.45, 2.75) is 32.8 Å². The summed E-state index contributed by atoms with van der Waals surface area (Å²) in [6, 6.07) is 0. The average Bonchev–Trinajstić information content (AvgIpc) is 2.67. The molecule has 2 nitrogen and oxygen atoms in total. The Balaban J connectivity index is 1.98. The summed E-state index contributed by atoms with van der Waals surface area (Å²) in [6.07, 6.45) is 2.00. The van der Waals surface area contributed by atoms with Crippen molar-refractivity contribution in [2.24, 2.45) is 11.8 Å². The SMILES string of the molecule is CCCOCC(O)C1CC1C. The number of ether oxygens (including phenoxy) is 1. The van der Waals surface area contributed by atoms with Crippen LogP contribution in [0.1, 0.15) is 26.7 Å². The zero-order valence-electron chi connectivity index (χ0n) is 7.42. The predicted octanol–water partition coefficient (Wildman–Crippen LogP) is 1.43. The van der Waals surface area contributed by atoms with Gasteiger partial charge in [-0.1, -0.05) is 13.8 Å². The molecule has 11 heavy (non-hydrogen) atoms. The molecule has 1 rings (SSSR count). The van der Waals surface area contributed by atoms with Crippen LogP contribution in [0.25, 0.3) is 0 Å². The molecule has 0 heterocycles. The minimum atomic E-state index is -0.212. The second-order valence-electron chi connectivity index (χ2n) is 3.52. The fourth-order valence-electron chi connectivity index (χ4n) is 1.36. The van der Waals surface area contributed by atoms with Crippen LogP contribution in [0.15, 0.2) is 0 Å². The standard InChI is InChI=1S/C9H18O2/c1-3-4-11-6-9(10)8-5-7(8)2/h7-10H,3-6H2,1-2H3. The van der Waals surface area contributed by atoms with Gasteiger partial charge in [-0.3, -0.25) is 0 Å². The first-order valence-corrected chi connectivity index (χ1v) is 4.51. The van der Waals surface area contributed by atoms with Gasteiger partial charge in [0.05, 0.1) is 12.7 Å². The molecule has 0 aromatic carbocycles. The van der Waals surface area contributed by atoms with E-state index in [0.29, 0.717) is 12.5 Å². The average molecular weight is 158 g/mol. The van der Waals surface area contributed by atoms with Gasteiger partial charge in [-0.05, 0) is 24.7 Å². The van der Waals surface area contributed by atoms with Crippen LogP contribution in [0, 0.1) is 11.8 Å². The number of hydrogen-bond donors (Lipinski definition) is 1. The predicted molar refractivity (Wildman–Crippen MR) is 44.4 cm³/mol. The summed E-state index contributed by atoms with van der Waals surface area (Å²) < 4.78 is 5.24. The highest BCUT2D eigenvalue weighted by molar-refractivity contribution is 4.87. The first-order valence-electron chi connectivity index (χ1n) is 4.51. The van der Waals surface area contributed by atoms with Gasteiger partial charge in [0.2, 0.25) is 0 Å². The van der Waals surface area contributed by atoms with Gasteiger partial charge in [-0.15, -0.1) is 0 Å². The van der Waals surface area contributed by atoms with Gasteiger partial charge in [0.25, 0.3) is 0 Å². The smallest absolute Gasteiger partial charge is 0.0804 e. The summed E-state index contributed by atoms with van der Waals surface area (Å²) in [6.45, 7) is 5.56. The van der Waals surface area contributed by atoms with Crippen LogP contribution in [-0.2, 0) is 4.74 Å². The van der Waals surface area contributed by atoms with Gasteiger partial charge < -0.3 is 9.84 Å². The second-order valence-corrected chi connectivity index (χ2v) is 3.52. The molecule has 1 aliphatic rings. The molecule has 0 amide bonds. The Morgan fingerprint density at radius 1 is 1.64 bits per heavy atom. The van der Waals surface area contributed by atoms with E-state index in [0.717, 1.165) is 18.9 Å². The molecular formula is C9H18O2. The van der Waals surface area contributed by atoms with E-state index < -0.39 is 0 Å². The van der Waals surface area contributed by atoms with E-state index in [1.165, 1.54) is 6.42 Å². The molecule has 1 aliphatic carbocycles. The summed E-state index contributed by atoms with van der Waals surface area (Å²) in [7, 11) is 0. The molecule has 0 aromatic rings. The van der Waals surface area contributed by atoms with Crippen molar-refractivity contribution in [3.63, 3.8) is 0 Å². The van der Waals surface area contributed by atoms with Crippen molar-refractivity contribution in [2.75, 3.05) is 13.2 Å². The molecule has 0 saturated heterocycles. The van der Waals surface area contributed by atoms with Crippen LogP contribution in [0.4, 0.5) is 0 Å². The largest absolute Gasteiger partial charge is 0.390 e. The minimum Gasteiger partial charge on any atom is -0.390 e. The lowest BCUT2D eigenvalue weighted by molar-refractivity contribution is 0.0234. The summed E-state index contributed by atoms with van der Waals surface area (Å²) in [5, 5.41) is 9.46. The fourth-order valence-corrected chi connectivity index (χ4v) is 1.36. The van der Waals surface area contributed by atoms with E-state index in [-0.39, 0.29) is 6.10 Å². The fraction of sp³-hybridized carbons (Fsp3) is 1.00. The first-order chi connectivity index (χ1) is 5.25. The van der Waals surface area contributed by atoms with Crippen LogP contribution in [0.3, 0.4) is 0 Å². The second kappa shape index (κ2) is 4.07. The van der Waals surface area contributed by atoms with Crippen LogP contribution in [-0.4, -0.2) is 24.4 Å². The molecular weight excluding hydrogens is 140 g/mol. The molecule has 3 unspecified atom stereocenters. The lowest BCUT2D eigenvalue weighted by Gasteiger charge is -2.09. The van der Waals surface area contributed by atoms with Crippen LogP contribution in [0.5, 0.6) is 0 Å². The monoisotopic (exact) mass is 158 g/mol. The normalized spacial score (nSPS) is 31.9. The Morgan fingerprint density at radius 2 is 2.27 bits per heavy atom. The van der Waals surface area contributed by atoms with Gasteiger partial charge in [-0.25, -0.2) is 0 Å². The van der Waals surface area contributed by atoms with E-state index in [2.05, 4.69) is 13.8 Å². The Labute approximate surface area is 68.6 Å². The molecule has 2 heteroatoms. The number of aliphatic hydroxyl groups excluding tert-OH is 1. The number of rotatable bonds is 5. The van der Waals surface area contributed by atoms with Crippen LogP contribution >= 0.6 is 0 Å². The third-order valence-electron chi connectivity index (χ3n) is 2.30. The Kier molecular flexibility index (Phi) is 3.34. The lowest BCUT2D eigenvalue weighted by atomic mass is 10.2. The van der Waals surface area contributed by atoms with Crippen molar-refractivity contribution >= 4 is 0 Å².